The van der Waals surface area contributed by atoms with E-state index in [1.165, 1.54) is 0 Å². The molecular weight excluding hydrogens is 398 g/mol. The molecule has 0 heterocycles. The van der Waals surface area contributed by atoms with Crippen molar-refractivity contribution in [1.82, 2.24) is 0 Å². The highest BCUT2D eigenvalue weighted by atomic mass is 14.9. The lowest BCUT2D eigenvalue weighted by Gasteiger charge is -2.10. The van der Waals surface area contributed by atoms with E-state index in [0.29, 0.717) is 22.5 Å². The van der Waals surface area contributed by atoms with E-state index in [0.717, 1.165) is 0 Å². The maximum Gasteiger partial charge on any atom is 0.0636 e. The van der Waals surface area contributed by atoms with Crippen LogP contribution < -0.4 is 5.32 Å². The first-order chi connectivity index (χ1) is 22.2. The van der Waals surface area contributed by atoms with Gasteiger partial charge in [-0.1, -0.05) is 96.8 Å². The lowest BCUT2D eigenvalue weighted by molar-refractivity contribution is 1.54. The maximum atomic E-state index is 8.73. The topological polar surface area (TPSA) is 12.0 Å². The summed E-state index contributed by atoms with van der Waals surface area (Å²) >= 11 is 0. The minimum atomic E-state index is -0.527. The fourth-order valence-corrected chi connectivity index (χ4v) is 3.46. The van der Waals surface area contributed by atoms with Crippen LogP contribution in [0.1, 0.15) is 19.2 Å². The Bertz CT molecular complexity index is 2140. The Morgan fingerprint density at radius 3 is 1.21 bits per heavy atom. The van der Waals surface area contributed by atoms with E-state index in [9.17, 15) is 0 Å². The molecule has 0 fully saturated rings. The second-order valence-electron chi connectivity index (χ2n) is 7.28. The van der Waals surface area contributed by atoms with Crippen LogP contribution in [0, 0.1) is 0 Å². The first kappa shape index (κ1) is 9.64. The Labute approximate surface area is 213 Å². The van der Waals surface area contributed by atoms with E-state index in [1.54, 1.807) is 48.5 Å². The average molecular weight is 436 g/mol. The van der Waals surface area contributed by atoms with Gasteiger partial charge in [0.2, 0.25) is 0 Å². The molecule has 0 aromatic heterocycles. The average Bonchev–Trinajstić information content (AvgIpc) is 3.05. The van der Waals surface area contributed by atoms with Crippen molar-refractivity contribution >= 4 is 32.9 Å². The monoisotopic (exact) mass is 435 g/mol. The van der Waals surface area contributed by atoms with Gasteiger partial charge in [-0.25, -0.2) is 0 Å². The number of anilines is 2. The summed E-state index contributed by atoms with van der Waals surface area (Å²) < 4.78 is 116. The first-order valence-corrected chi connectivity index (χ1v) is 10.1. The van der Waals surface area contributed by atoms with E-state index < -0.39 is 60.4 Å². The van der Waals surface area contributed by atoms with E-state index >= 15 is 0 Å². The van der Waals surface area contributed by atoms with Gasteiger partial charge < -0.3 is 5.32 Å². The van der Waals surface area contributed by atoms with Crippen LogP contribution in [0.4, 0.5) is 11.4 Å². The zero-order chi connectivity index (χ0) is 34.2. The predicted molar refractivity (Wildman–Crippen MR) is 142 cm³/mol. The number of nitrogens with one attached hydrogen (secondary N) is 1. The van der Waals surface area contributed by atoms with Gasteiger partial charge in [0.25, 0.3) is 0 Å². The molecule has 0 spiro atoms. The van der Waals surface area contributed by atoms with Crippen molar-refractivity contribution in [3.05, 3.63) is 133 Å². The van der Waals surface area contributed by atoms with Gasteiger partial charge in [-0.05, 0) is 80.1 Å². The van der Waals surface area contributed by atoms with Gasteiger partial charge in [0.05, 0.1) is 19.2 Å². The van der Waals surface area contributed by atoms with Crippen LogP contribution in [0.3, 0.4) is 0 Å². The SMILES string of the molecule is [2H]c1c([2H])c([2H])c2c([2H])c(-c3ccc(Nc4ccc(-c5c([2H])c([2H])c6c([2H])c([2H])c([2H])c([2H])c6c5[2H])cc4)cc3)c([2H])c([2H])c2c1[2H]. The molecule has 6 rings (SSSR count). The van der Waals surface area contributed by atoms with Crippen LogP contribution in [0.15, 0.2) is 133 Å². The molecule has 0 atom stereocenters. The minimum Gasteiger partial charge on any atom is -0.356 e. The zero-order valence-electron chi connectivity index (χ0n) is 31.1. The molecule has 0 saturated heterocycles. The van der Waals surface area contributed by atoms with Crippen LogP contribution in [0.2, 0.25) is 0 Å². The maximum absolute atomic E-state index is 8.73. The molecule has 1 heteroatoms. The largest absolute Gasteiger partial charge is 0.356 e. The third kappa shape index (κ3) is 3.97. The second-order valence-corrected chi connectivity index (χ2v) is 7.28. The number of benzene rings is 6. The molecular formula is C32H23N. The fourth-order valence-electron chi connectivity index (χ4n) is 3.46. The Morgan fingerprint density at radius 1 is 0.394 bits per heavy atom. The molecule has 6 aromatic rings. The Morgan fingerprint density at radius 2 is 0.788 bits per heavy atom. The van der Waals surface area contributed by atoms with Gasteiger partial charge in [0.15, 0.2) is 0 Å². The van der Waals surface area contributed by atoms with Gasteiger partial charge in [0.1, 0.15) is 0 Å². The van der Waals surface area contributed by atoms with E-state index in [1.807, 2.05) is 0 Å². The molecule has 6 aromatic carbocycles. The minimum absolute atomic E-state index is 0.0647. The number of hydrogen-bond acceptors (Lipinski definition) is 1. The van der Waals surface area contributed by atoms with Gasteiger partial charge in [-0.15, -0.1) is 0 Å². The smallest absolute Gasteiger partial charge is 0.0636 e. The van der Waals surface area contributed by atoms with Crippen LogP contribution in [-0.2, 0) is 0 Å². The van der Waals surface area contributed by atoms with Crippen molar-refractivity contribution in [2.24, 2.45) is 0 Å². The van der Waals surface area contributed by atoms with Crippen LogP contribution in [0.5, 0.6) is 0 Å². The molecule has 0 amide bonds. The highest BCUT2D eigenvalue weighted by Crippen LogP contribution is 2.28. The molecule has 156 valence electrons. The third-order valence-corrected chi connectivity index (χ3v) is 5.14. The lowest BCUT2D eigenvalue weighted by atomic mass is 10.0. The van der Waals surface area contributed by atoms with Crippen molar-refractivity contribution in [2.45, 2.75) is 0 Å². The van der Waals surface area contributed by atoms with E-state index in [2.05, 4.69) is 5.32 Å². The predicted octanol–water partition coefficient (Wildman–Crippen LogP) is 9.07. The summed E-state index contributed by atoms with van der Waals surface area (Å²) in [5, 5.41) is 2.62. The molecule has 0 unspecified atom stereocenters. The summed E-state index contributed by atoms with van der Waals surface area (Å²) in [4.78, 5) is 0. The summed E-state index contributed by atoms with van der Waals surface area (Å²) in [6.07, 6.45) is 0. The molecule has 0 radical (unpaired) electrons. The number of fused-ring (bicyclic) bond motifs is 2. The summed E-state index contributed by atoms with van der Waals surface area (Å²) in [6, 6.07) is 7.38. The normalized spacial score (nSPS) is 17.0. The molecule has 0 bridgehead atoms. The molecule has 33 heavy (non-hydrogen) atoms. The Kier molecular flexibility index (Phi) is 2.42. The van der Waals surface area contributed by atoms with Crippen LogP contribution in [-0.4, -0.2) is 0 Å². The Hall–Kier alpha value is -4.36. The standard InChI is InChI=1S/C32H23N/c1-3-7-27-21-29(11-9-23(27)5-1)25-13-17-31(18-14-25)33-32-19-15-26(16-20-32)30-12-10-24-6-2-4-8-28(24)22-30/h1-22,33H/i1D,2D,3D,4D,5D,6D,7D,8D,9D,10D,11D,12D,21D,22D. The second kappa shape index (κ2) is 8.29. The zero-order valence-corrected chi connectivity index (χ0v) is 17.1. The molecule has 0 aliphatic heterocycles. The molecule has 1 nitrogen and oxygen atoms in total. The third-order valence-electron chi connectivity index (χ3n) is 5.14. The first-order valence-electron chi connectivity index (χ1n) is 17.1. The number of rotatable bonds is 4. The highest BCUT2D eigenvalue weighted by molar-refractivity contribution is 5.88. The van der Waals surface area contributed by atoms with Crippen molar-refractivity contribution in [3.63, 3.8) is 0 Å². The van der Waals surface area contributed by atoms with Gasteiger partial charge >= 0.3 is 0 Å². The van der Waals surface area contributed by atoms with Gasteiger partial charge in [-0.3, -0.25) is 0 Å². The van der Waals surface area contributed by atoms with Crippen LogP contribution in [0.25, 0.3) is 43.8 Å². The van der Waals surface area contributed by atoms with Crippen molar-refractivity contribution in [1.29, 1.82) is 0 Å². The summed E-state index contributed by atoms with van der Waals surface area (Å²) in [5.74, 6) is 0. The van der Waals surface area contributed by atoms with Crippen molar-refractivity contribution < 1.29 is 19.2 Å². The van der Waals surface area contributed by atoms with E-state index in [-0.39, 0.29) is 56.8 Å². The van der Waals surface area contributed by atoms with Crippen LogP contribution >= 0.6 is 0 Å². The summed E-state index contributed by atoms with van der Waals surface area (Å²) in [5.41, 5.74) is 2.19. The summed E-state index contributed by atoms with van der Waals surface area (Å²) in [7, 11) is 0. The van der Waals surface area contributed by atoms with Gasteiger partial charge in [0, 0.05) is 11.4 Å². The molecule has 1 N–H and O–H groups in total. The van der Waals surface area contributed by atoms with Crippen molar-refractivity contribution in [2.75, 3.05) is 5.32 Å². The van der Waals surface area contributed by atoms with E-state index in [4.69, 9.17) is 19.2 Å². The quantitative estimate of drug-likeness (QED) is 0.291. The summed E-state index contributed by atoms with van der Waals surface area (Å²) in [6.45, 7) is 0. The molecule has 0 aliphatic carbocycles. The highest BCUT2D eigenvalue weighted by Gasteiger charge is 2.03. The Balaban J connectivity index is 1.34. The molecule has 0 saturated carbocycles. The van der Waals surface area contributed by atoms with Gasteiger partial charge in [-0.2, -0.15) is 0 Å². The molecule has 0 aliphatic rings. The van der Waals surface area contributed by atoms with Crippen molar-refractivity contribution in [3.8, 4) is 22.3 Å². The fraction of sp³-hybridized carbons (Fsp3) is 0. The number of hydrogen-bond donors (Lipinski definition) is 1. The lowest BCUT2D eigenvalue weighted by Crippen LogP contribution is -1.90.